The van der Waals surface area contributed by atoms with Crippen molar-refractivity contribution in [3.8, 4) is 0 Å². The average molecular weight is 234 g/mol. The van der Waals surface area contributed by atoms with Gasteiger partial charge < -0.3 is 10.1 Å². The summed E-state index contributed by atoms with van der Waals surface area (Å²) >= 11 is 0. The number of nitrogens with zero attached hydrogens (tertiary/aromatic N) is 1. The van der Waals surface area contributed by atoms with E-state index in [4.69, 9.17) is 4.74 Å². The van der Waals surface area contributed by atoms with Crippen LogP contribution in [-0.4, -0.2) is 24.1 Å². The molecule has 17 heavy (non-hydrogen) atoms. The molecule has 0 aliphatic carbocycles. The fourth-order valence-corrected chi connectivity index (χ4v) is 1.98. The van der Waals surface area contributed by atoms with Crippen LogP contribution in [0.3, 0.4) is 0 Å². The molecule has 4 heteroatoms. The number of nitrogens with one attached hydrogen (secondary N) is 1. The summed E-state index contributed by atoms with van der Waals surface area (Å²) in [7, 11) is 0. The third kappa shape index (κ3) is 4.15. The molecule has 0 saturated carbocycles. The Morgan fingerprint density at radius 1 is 1.41 bits per heavy atom. The van der Waals surface area contributed by atoms with Crippen molar-refractivity contribution in [3.63, 3.8) is 0 Å². The molecule has 0 unspecified atom stereocenters. The number of rotatable bonds is 4. The van der Waals surface area contributed by atoms with Crippen LogP contribution in [0.1, 0.15) is 25.0 Å². The summed E-state index contributed by atoms with van der Waals surface area (Å²) in [6, 6.07) is 5.70. The zero-order valence-electron chi connectivity index (χ0n) is 9.89. The summed E-state index contributed by atoms with van der Waals surface area (Å²) in [5.74, 6) is 0.593. The molecule has 0 radical (unpaired) electrons. The maximum atomic E-state index is 11.7. The first-order valence-corrected chi connectivity index (χ1v) is 6.09. The summed E-state index contributed by atoms with van der Waals surface area (Å²) in [6.07, 6.45) is 4.34. The quantitative estimate of drug-likeness (QED) is 0.859. The summed E-state index contributed by atoms with van der Waals surface area (Å²) in [6.45, 7) is 2.10. The summed E-state index contributed by atoms with van der Waals surface area (Å²) in [5, 5.41) is 2.90. The van der Waals surface area contributed by atoms with Crippen molar-refractivity contribution < 1.29 is 9.53 Å². The molecular formula is C13H18N2O2. The highest BCUT2D eigenvalue weighted by atomic mass is 16.5. The van der Waals surface area contributed by atoms with Gasteiger partial charge in [0, 0.05) is 25.8 Å². The fourth-order valence-electron chi connectivity index (χ4n) is 1.98. The van der Waals surface area contributed by atoms with Crippen LogP contribution in [-0.2, 0) is 16.1 Å². The first-order valence-electron chi connectivity index (χ1n) is 6.09. The highest BCUT2D eigenvalue weighted by Gasteiger charge is 2.17. The van der Waals surface area contributed by atoms with Crippen molar-refractivity contribution in [3.05, 3.63) is 30.1 Å². The second-order valence-electron chi connectivity index (χ2n) is 4.36. The topological polar surface area (TPSA) is 51.2 Å². The molecule has 92 valence electrons. The van der Waals surface area contributed by atoms with Crippen LogP contribution in [0.25, 0.3) is 0 Å². The largest absolute Gasteiger partial charge is 0.381 e. The van der Waals surface area contributed by atoms with E-state index in [2.05, 4.69) is 10.3 Å². The van der Waals surface area contributed by atoms with E-state index < -0.39 is 0 Å². The lowest BCUT2D eigenvalue weighted by atomic mass is 9.96. The molecular weight excluding hydrogens is 216 g/mol. The molecule has 1 aromatic heterocycles. The molecule has 2 rings (SSSR count). The zero-order chi connectivity index (χ0) is 11.9. The van der Waals surface area contributed by atoms with Crippen molar-refractivity contribution in [1.82, 2.24) is 10.3 Å². The predicted molar refractivity (Wildman–Crippen MR) is 64.2 cm³/mol. The Morgan fingerprint density at radius 3 is 2.94 bits per heavy atom. The molecule has 1 aromatic rings. The zero-order valence-corrected chi connectivity index (χ0v) is 9.89. The number of ether oxygens (including phenoxy) is 1. The Hall–Kier alpha value is -1.42. The van der Waals surface area contributed by atoms with E-state index in [-0.39, 0.29) is 5.91 Å². The lowest BCUT2D eigenvalue weighted by Crippen LogP contribution is -2.27. The van der Waals surface area contributed by atoms with Crippen molar-refractivity contribution in [2.24, 2.45) is 5.92 Å². The second kappa shape index (κ2) is 6.35. The molecule has 1 aliphatic rings. The van der Waals surface area contributed by atoms with Crippen molar-refractivity contribution in [2.45, 2.75) is 25.8 Å². The Labute approximate surface area is 101 Å². The van der Waals surface area contributed by atoms with Gasteiger partial charge in [-0.2, -0.15) is 0 Å². The number of amides is 1. The standard InChI is InChI=1S/C13H18N2O2/c16-13(9-11-4-7-17-8-5-11)15-10-12-3-1-2-6-14-12/h1-3,6,11H,4-5,7-10H2,(H,15,16). The Morgan fingerprint density at radius 2 is 2.24 bits per heavy atom. The van der Waals surface area contributed by atoms with Crippen molar-refractivity contribution in [1.29, 1.82) is 0 Å². The second-order valence-corrected chi connectivity index (χ2v) is 4.36. The van der Waals surface area contributed by atoms with E-state index in [1.54, 1.807) is 6.20 Å². The van der Waals surface area contributed by atoms with Gasteiger partial charge in [-0.25, -0.2) is 0 Å². The lowest BCUT2D eigenvalue weighted by Gasteiger charge is -2.21. The number of pyridine rings is 1. The lowest BCUT2D eigenvalue weighted by molar-refractivity contribution is -0.122. The van der Waals surface area contributed by atoms with Gasteiger partial charge in [-0.1, -0.05) is 6.07 Å². The number of aromatic nitrogens is 1. The summed E-state index contributed by atoms with van der Waals surface area (Å²) in [4.78, 5) is 15.9. The summed E-state index contributed by atoms with van der Waals surface area (Å²) < 4.78 is 5.27. The van der Waals surface area contributed by atoms with Crippen LogP contribution in [0.2, 0.25) is 0 Å². The van der Waals surface area contributed by atoms with Gasteiger partial charge in [0.2, 0.25) is 5.91 Å². The average Bonchev–Trinajstić information content (AvgIpc) is 2.39. The van der Waals surface area contributed by atoms with Gasteiger partial charge in [0.25, 0.3) is 0 Å². The van der Waals surface area contributed by atoms with Gasteiger partial charge >= 0.3 is 0 Å². The number of hydrogen-bond acceptors (Lipinski definition) is 3. The van der Waals surface area contributed by atoms with E-state index in [1.165, 1.54) is 0 Å². The van der Waals surface area contributed by atoms with E-state index in [0.717, 1.165) is 31.7 Å². The smallest absolute Gasteiger partial charge is 0.220 e. The third-order valence-electron chi connectivity index (χ3n) is 3.01. The normalized spacial score (nSPS) is 16.7. The molecule has 4 nitrogen and oxygen atoms in total. The molecule has 0 atom stereocenters. The predicted octanol–water partition coefficient (Wildman–Crippen LogP) is 1.51. The van der Waals surface area contributed by atoms with E-state index in [0.29, 0.717) is 18.9 Å². The molecule has 0 spiro atoms. The van der Waals surface area contributed by atoms with E-state index in [9.17, 15) is 4.79 Å². The van der Waals surface area contributed by atoms with Gasteiger partial charge in [0.15, 0.2) is 0 Å². The summed E-state index contributed by atoms with van der Waals surface area (Å²) in [5.41, 5.74) is 0.896. The molecule has 1 amide bonds. The minimum Gasteiger partial charge on any atom is -0.381 e. The number of carbonyl (C=O) groups excluding carboxylic acids is 1. The molecule has 0 bridgehead atoms. The van der Waals surface area contributed by atoms with Crippen LogP contribution in [0.4, 0.5) is 0 Å². The van der Waals surface area contributed by atoms with Gasteiger partial charge in [0.1, 0.15) is 0 Å². The molecule has 1 saturated heterocycles. The SMILES string of the molecule is O=C(CC1CCOCC1)NCc1ccccn1. The monoisotopic (exact) mass is 234 g/mol. The molecule has 1 fully saturated rings. The fraction of sp³-hybridized carbons (Fsp3) is 0.538. The van der Waals surface area contributed by atoms with Crippen molar-refractivity contribution >= 4 is 5.91 Å². The first kappa shape index (κ1) is 12.0. The number of hydrogen-bond donors (Lipinski definition) is 1. The molecule has 1 N–H and O–H groups in total. The van der Waals surface area contributed by atoms with Crippen molar-refractivity contribution in [2.75, 3.05) is 13.2 Å². The van der Waals surface area contributed by atoms with Crippen LogP contribution in [0.15, 0.2) is 24.4 Å². The molecule has 1 aliphatic heterocycles. The van der Waals surface area contributed by atoms with Gasteiger partial charge in [-0.15, -0.1) is 0 Å². The van der Waals surface area contributed by atoms with Crippen LogP contribution in [0.5, 0.6) is 0 Å². The molecule has 0 aromatic carbocycles. The Kier molecular flexibility index (Phi) is 4.50. The highest BCUT2D eigenvalue weighted by Crippen LogP contribution is 2.17. The van der Waals surface area contributed by atoms with Gasteiger partial charge in [0.05, 0.1) is 12.2 Å². The maximum Gasteiger partial charge on any atom is 0.220 e. The maximum absolute atomic E-state index is 11.7. The minimum absolute atomic E-state index is 0.113. The molecule has 2 heterocycles. The number of carbonyl (C=O) groups is 1. The van der Waals surface area contributed by atoms with E-state index >= 15 is 0 Å². The highest BCUT2D eigenvalue weighted by molar-refractivity contribution is 5.76. The van der Waals surface area contributed by atoms with Crippen LogP contribution < -0.4 is 5.32 Å². The van der Waals surface area contributed by atoms with E-state index in [1.807, 2.05) is 18.2 Å². The Balaban J connectivity index is 1.70. The van der Waals surface area contributed by atoms with Crippen LogP contribution in [0, 0.1) is 5.92 Å². The first-order chi connectivity index (χ1) is 8.34. The minimum atomic E-state index is 0.113. The van der Waals surface area contributed by atoms with Gasteiger partial charge in [-0.05, 0) is 30.9 Å². The van der Waals surface area contributed by atoms with Gasteiger partial charge in [-0.3, -0.25) is 9.78 Å². The third-order valence-corrected chi connectivity index (χ3v) is 3.01. The Bertz CT molecular complexity index is 348. The van der Waals surface area contributed by atoms with Crippen LogP contribution >= 0.6 is 0 Å².